The highest BCUT2D eigenvalue weighted by Crippen LogP contribution is 2.19. The average Bonchev–Trinajstić information content (AvgIpc) is 3.06. The minimum Gasteiger partial charge on any atom is -0.336 e. The van der Waals surface area contributed by atoms with Crippen molar-refractivity contribution in [1.82, 2.24) is 19.6 Å². The number of halogens is 1. The van der Waals surface area contributed by atoms with Crippen LogP contribution in [0.4, 0.5) is 0 Å². The summed E-state index contributed by atoms with van der Waals surface area (Å²) in [6.07, 6.45) is 3.50. The third-order valence-corrected chi connectivity index (χ3v) is 4.99. The molecule has 2 aromatic rings. The summed E-state index contributed by atoms with van der Waals surface area (Å²) >= 11 is 3.60. The molecule has 1 amide bonds. The zero-order valence-corrected chi connectivity index (χ0v) is 14.9. The molecule has 0 saturated carbocycles. The Balaban J connectivity index is 1.56. The summed E-state index contributed by atoms with van der Waals surface area (Å²) in [6, 6.07) is 8.30. The second-order valence-electron chi connectivity index (χ2n) is 5.74. The molecular weight excluding hydrogens is 356 g/mol. The van der Waals surface area contributed by atoms with Crippen molar-refractivity contribution < 1.29 is 4.79 Å². The highest BCUT2D eigenvalue weighted by Gasteiger charge is 2.23. The minimum absolute atomic E-state index is 0.0882. The molecule has 1 saturated heterocycles. The number of hydrogen-bond acceptors (Lipinski definition) is 3. The molecule has 1 fully saturated rings. The van der Waals surface area contributed by atoms with E-state index in [1.165, 1.54) is 5.56 Å². The molecule has 0 unspecified atom stereocenters. The first-order chi connectivity index (χ1) is 11.2. The SMILES string of the molecule is CCn1cc(C(=O)N2CCN(Cc3ccccc3Br)CC2)cn1. The molecular formula is C17H21BrN4O. The number of aryl methyl sites for hydroxylation is 1. The van der Waals surface area contributed by atoms with Crippen molar-refractivity contribution >= 4 is 21.8 Å². The lowest BCUT2D eigenvalue weighted by Gasteiger charge is -2.34. The van der Waals surface area contributed by atoms with Crippen LogP contribution in [-0.4, -0.2) is 51.7 Å². The summed E-state index contributed by atoms with van der Waals surface area (Å²) in [6.45, 7) is 7.04. The average molecular weight is 377 g/mol. The second-order valence-corrected chi connectivity index (χ2v) is 6.60. The van der Waals surface area contributed by atoms with Gasteiger partial charge in [-0.1, -0.05) is 34.1 Å². The van der Waals surface area contributed by atoms with E-state index in [0.717, 1.165) is 43.7 Å². The Morgan fingerprint density at radius 1 is 1.22 bits per heavy atom. The molecule has 0 N–H and O–H groups in total. The van der Waals surface area contributed by atoms with Crippen molar-refractivity contribution in [3.05, 3.63) is 52.3 Å². The predicted octanol–water partition coefficient (Wildman–Crippen LogP) is 2.62. The van der Waals surface area contributed by atoms with Gasteiger partial charge in [0, 0.05) is 49.9 Å². The lowest BCUT2D eigenvalue weighted by atomic mass is 10.2. The first-order valence-corrected chi connectivity index (χ1v) is 8.74. The van der Waals surface area contributed by atoms with Gasteiger partial charge in [-0.25, -0.2) is 0 Å². The third-order valence-electron chi connectivity index (χ3n) is 4.22. The van der Waals surface area contributed by atoms with Crippen LogP contribution >= 0.6 is 15.9 Å². The standard InChI is InChI=1S/C17H21BrN4O/c1-2-22-13-15(11-19-22)17(23)21-9-7-20(8-10-21)12-14-5-3-4-6-16(14)18/h3-6,11,13H,2,7-10,12H2,1H3. The normalized spacial score (nSPS) is 15.8. The van der Waals surface area contributed by atoms with Gasteiger partial charge in [-0.3, -0.25) is 14.4 Å². The quantitative estimate of drug-likeness (QED) is 0.823. The van der Waals surface area contributed by atoms with Crippen LogP contribution < -0.4 is 0 Å². The zero-order chi connectivity index (χ0) is 16.2. The first kappa shape index (κ1) is 16.2. The largest absolute Gasteiger partial charge is 0.336 e. The first-order valence-electron chi connectivity index (χ1n) is 7.95. The van der Waals surface area contributed by atoms with E-state index < -0.39 is 0 Å². The molecule has 5 nitrogen and oxygen atoms in total. The number of carbonyl (C=O) groups is 1. The van der Waals surface area contributed by atoms with Crippen molar-refractivity contribution in [3.8, 4) is 0 Å². The Hall–Kier alpha value is -1.66. The van der Waals surface area contributed by atoms with E-state index in [9.17, 15) is 4.79 Å². The zero-order valence-electron chi connectivity index (χ0n) is 13.3. The fourth-order valence-electron chi connectivity index (χ4n) is 2.81. The number of piperazine rings is 1. The fourth-order valence-corrected chi connectivity index (χ4v) is 3.22. The molecule has 0 aliphatic carbocycles. The highest BCUT2D eigenvalue weighted by atomic mass is 79.9. The molecule has 1 aromatic carbocycles. The molecule has 6 heteroatoms. The molecule has 2 heterocycles. The van der Waals surface area contributed by atoms with E-state index in [1.807, 2.05) is 24.1 Å². The van der Waals surface area contributed by atoms with Gasteiger partial charge in [-0.05, 0) is 18.6 Å². The maximum absolute atomic E-state index is 12.5. The summed E-state index contributed by atoms with van der Waals surface area (Å²) < 4.78 is 2.93. The summed E-state index contributed by atoms with van der Waals surface area (Å²) in [7, 11) is 0. The Labute approximate surface area is 145 Å². The van der Waals surface area contributed by atoms with Crippen molar-refractivity contribution in [2.24, 2.45) is 0 Å². The van der Waals surface area contributed by atoms with Gasteiger partial charge in [0.15, 0.2) is 0 Å². The van der Waals surface area contributed by atoms with Crippen LogP contribution in [-0.2, 0) is 13.1 Å². The van der Waals surface area contributed by atoms with Gasteiger partial charge in [0.25, 0.3) is 5.91 Å². The molecule has 1 aliphatic rings. The third kappa shape index (κ3) is 3.82. The van der Waals surface area contributed by atoms with E-state index in [4.69, 9.17) is 0 Å². The minimum atomic E-state index is 0.0882. The maximum atomic E-state index is 12.5. The van der Waals surface area contributed by atoms with Crippen LogP contribution in [0.1, 0.15) is 22.8 Å². The summed E-state index contributed by atoms with van der Waals surface area (Å²) in [5.41, 5.74) is 1.97. The number of rotatable bonds is 4. The monoisotopic (exact) mass is 376 g/mol. The van der Waals surface area contributed by atoms with Crippen molar-refractivity contribution in [3.63, 3.8) is 0 Å². The fraction of sp³-hybridized carbons (Fsp3) is 0.412. The second kappa shape index (κ2) is 7.27. The van der Waals surface area contributed by atoms with Gasteiger partial charge in [0.05, 0.1) is 11.8 Å². The van der Waals surface area contributed by atoms with E-state index in [-0.39, 0.29) is 5.91 Å². The molecule has 122 valence electrons. The Bertz CT molecular complexity index is 677. The maximum Gasteiger partial charge on any atom is 0.257 e. The smallest absolute Gasteiger partial charge is 0.257 e. The van der Waals surface area contributed by atoms with Gasteiger partial charge >= 0.3 is 0 Å². The molecule has 0 bridgehead atoms. The lowest BCUT2D eigenvalue weighted by molar-refractivity contribution is 0.0628. The van der Waals surface area contributed by atoms with Crippen molar-refractivity contribution in [1.29, 1.82) is 0 Å². The Morgan fingerprint density at radius 2 is 1.96 bits per heavy atom. The van der Waals surface area contributed by atoms with E-state index in [1.54, 1.807) is 10.9 Å². The van der Waals surface area contributed by atoms with Crippen LogP contribution in [0.2, 0.25) is 0 Å². The van der Waals surface area contributed by atoms with E-state index in [2.05, 4.69) is 44.1 Å². The molecule has 23 heavy (non-hydrogen) atoms. The van der Waals surface area contributed by atoms with E-state index in [0.29, 0.717) is 5.56 Å². The summed E-state index contributed by atoms with van der Waals surface area (Å²) in [5, 5.41) is 4.18. The lowest BCUT2D eigenvalue weighted by Crippen LogP contribution is -2.48. The highest BCUT2D eigenvalue weighted by molar-refractivity contribution is 9.10. The summed E-state index contributed by atoms with van der Waals surface area (Å²) in [5.74, 6) is 0.0882. The number of carbonyl (C=O) groups excluding carboxylic acids is 1. The van der Waals surface area contributed by atoms with Crippen LogP contribution in [0.15, 0.2) is 41.1 Å². The van der Waals surface area contributed by atoms with Gasteiger partial charge < -0.3 is 4.90 Å². The molecule has 1 aliphatic heterocycles. The molecule has 3 rings (SSSR count). The van der Waals surface area contributed by atoms with Gasteiger partial charge in [-0.15, -0.1) is 0 Å². The van der Waals surface area contributed by atoms with Gasteiger partial charge in [0.2, 0.25) is 0 Å². The van der Waals surface area contributed by atoms with Crippen LogP contribution in [0, 0.1) is 0 Å². The number of benzene rings is 1. The molecule has 0 radical (unpaired) electrons. The van der Waals surface area contributed by atoms with Gasteiger partial charge in [-0.2, -0.15) is 5.10 Å². The Morgan fingerprint density at radius 3 is 2.61 bits per heavy atom. The van der Waals surface area contributed by atoms with Crippen LogP contribution in [0.5, 0.6) is 0 Å². The number of aromatic nitrogens is 2. The van der Waals surface area contributed by atoms with Crippen LogP contribution in [0.25, 0.3) is 0 Å². The molecule has 1 aromatic heterocycles. The number of hydrogen-bond donors (Lipinski definition) is 0. The van der Waals surface area contributed by atoms with Crippen molar-refractivity contribution in [2.45, 2.75) is 20.0 Å². The van der Waals surface area contributed by atoms with Crippen molar-refractivity contribution in [2.75, 3.05) is 26.2 Å². The van der Waals surface area contributed by atoms with Crippen LogP contribution in [0.3, 0.4) is 0 Å². The topological polar surface area (TPSA) is 41.4 Å². The summed E-state index contributed by atoms with van der Waals surface area (Å²) in [4.78, 5) is 16.8. The Kier molecular flexibility index (Phi) is 5.13. The predicted molar refractivity (Wildman–Crippen MR) is 93.2 cm³/mol. The van der Waals surface area contributed by atoms with E-state index >= 15 is 0 Å². The molecule has 0 atom stereocenters. The molecule has 0 spiro atoms. The number of nitrogens with zero attached hydrogens (tertiary/aromatic N) is 4. The number of amides is 1. The van der Waals surface area contributed by atoms with Gasteiger partial charge in [0.1, 0.15) is 0 Å².